The van der Waals surface area contributed by atoms with E-state index in [9.17, 15) is 9.18 Å². The van der Waals surface area contributed by atoms with Crippen molar-refractivity contribution in [1.29, 1.82) is 5.41 Å². The molecule has 0 amide bonds. The molecule has 0 bridgehead atoms. The largest absolute Gasteiger partial charge is 0.489 e. The van der Waals surface area contributed by atoms with E-state index < -0.39 is 0 Å². The summed E-state index contributed by atoms with van der Waals surface area (Å²) in [5.41, 5.74) is 3.08. The molecule has 0 atom stereocenters. The molecule has 1 heterocycles. The highest BCUT2D eigenvalue weighted by atomic mass is 19.1. The maximum absolute atomic E-state index is 12.9. The van der Waals surface area contributed by atoms with Crippen LogP contribution in [0, 0.1) is 11.2 Å². The molecule has 28 heavy (non-hydrogen) atoms. The van der Waals surface area contributed by atoms with E-state index in [2.05, 4.69) is 4.98 Å². The number of ether oxygens (including phenoxy) is 1. The second-order valence-corrected chi connectivity index (χ2v) is 5.81. The van der Waals surface area contributed by atoms with Gasteiger partial charge in [0.1, 0.15) is 24.5 Å². The first-order valence-corrected chi connectivity index (χ1v) is 8.54. The Morgan fingerprint density at radius 3 is 2.57 bits per heavy atom. The van der Waals surface area contributed by atoms with E-state index in [1.54, 1.807) is 24.3 Å². The summed E-state index contributed by atoms with van der Waals surface area (Å²) in [5, 5.41) is 15.2. The number of nitrogens with zero attached hydrogens (tertiary/aromatic N) is 1. The summed E-state index contributed by atoms with van der Waals surface area (Å²) in [4.78, 5) is 15.0. The third-order valence-corrected chi connectivity index (χ3v) is 3.83. The zero-order chi connectivity index (χ0) is 20.4. The molecule has 0 saturated carbocycles. The fraction of sp³-hybridized carbons (Fsp3) is 0.136. The first-order valence-electron chi connectivity index (χ1n) is 8.54. The smallest absolute Gasteiger partial charge is 0.150 e. The molecule has 0 aliphatic rings. The van der Waals surface area contributed by atoms with Crippen LogP contribution in [-0.4, -0.2) is 29.2 Å². The molecular weight excluding hydrogens is 359 g/mol. The van der Waals surface area contributed by atoms with E-state index in [1.165, 1.54) is 18.3 Å². The second-order valence-electron chi connectivity index (χ2n) is 5.81. The van der Waals surface area contributed by atoms with E-state index in [0.717, 1.165) is 24.5 Å². The lowest BCUT2D eigenvalue weighted by Crippen LogP contribution is -2.07. The third-order valence-electron chi connectivity index (χ3n) is 3.83. The molecule has 0 saturated heterocycles. The lowest BCUT2D eigenvalue weighted by Gasteiger charge is -2.09. The number of pyridine rings is 1. The van der Waals surface area contributed by atoms with Crippen LogP contribution >= 0.6 is 0 Å². The molecule has 3 rings (SSSR count). The molecule has 1 aromatic heterocycles. The number of carbonyl (C=O) groups excluding carboxylic acids is 1. The van der Waals surface area contributed by atoms with Crippen molar-refractivity contribution in [2.24, 2.45) is 0 Å². The zero-order valence-electron chi connectivity index (χ0n) is 15.4. The van der Waals surface area contributed by atoms with E-state index in [1.807, 2.05) is 24.3 Å². The summed E-state index contributed by atoms with van der Waals surface area (Å²) in [6.45, 7) is 0.337. The van der Waals surface area contributed by atoms with Gasteiger partial charge in [-0.3, -0.25) is 9.78 Å². The molecule has 0 radical (unpaired) electrons. The topological polar surface area (TPSA) is 83.3 Å². The summed E-state index contributed by atoms with van der Waals surface area (Å²) >= 11 is 0. The number of aldehydes is 1. The minimum absolute atomic E-state index is 0.276. The van der Waals surface area contributed by atoms with Crippen LogP contribution in [0.25, 0.3) is 0 Å². The molecule has 0 fully saturated rings. The van der Waals surface area contributed by atoms with Crippen LogP contribution in [0.4, 0.5) is 4.39 Å². The van der Waals surface area contributed by atoms with Gasteiger partial charge in [-0.15, -0.1) is 0 Å². The predicted octanol–water partition coefficient (Wildman–Crippen LogP) is 3.83. The molecule has 0 spiro atoms. The highest BCUT2D eigenvalue weighted by Gasteiger charge is 2.07. The summed E-state index contributed by atoms with van der Waals surface area (Å²) < 4.78 is 18.7. The predicted molar refractivity (Wildman–Crippen MR) is 105 cm³/mol. The van der Waals surface area contributed by atoms with Gasteiger partial charge in [-0.05, 0) is 47.5 Å². The molecule has 6 heteroatoms. The van der Waals surface area contributed by atoms with E-state index in [-0.39, 0.29) is 5.82 Å². The lowest BCUT2D eigenvalue weighted by atomic mass is 10.0. The molecule has 5 nitrogen and oxygen atoms in total. The number of aromatic nitrogens is 1. The maximum Gasteiger partial charge on any atom is 0.150 e. The van der Waals surface area contributed by atoms with Gasteiger partial charge in [-0.1, -0.05) is 24.3 Å². The quantitative estimate of drug-likeness (QED) is 0.482. The Bertz CT molecular complexity index is 927. The number of halogens is 1. The lowest BCUT2D eigenvalue weighted by molar-refractivity contribution is 0.112. The average molecular weight is 380 g/mol. The van der Waals surface area contributed by atoms with Crippen molar-refractivity contribution in [3.05, 3.63) is 95.1 Å². The number of aliphatic hydroxyl groups is 1. The van der Waals surface area contributed by atoms with Gasteiger partial charge >= 0.3 is 0 Å². The average Bonchev–Trinajstić information content (AvgIpc) is 2.75. The number of aliphatic hydroxyl groups excluding tert-OH is 1. The summed E-state index contributed by atoms with van der Waals surface area (Å²) in [6.07, 6.45) is 2.64. The van der Waals surface area contributed by atoms with Crippen LogP contribution in [0.15, 0.2) is 66.9 Å². The molecule has 144 valence electrons. The van der Waals surface area contributed by atoms with Gasteiger partial charge < -0.3 is 15.3 Å². The monoisotopic (exact) mass is 380 g/mol. The number of rotatable bonds is 7. The van der Waals surface area contributed by atoms with Crippen LogP contribution in [0.2, 0.25) is 0 Å². The van der Waals surface area contributed by atoms with Crippen molar-refractivity contribution in [1.82, 2.24) is 4.98 Å². The van der Waals surface area contributed by atoms with Crippen molar-refractivity contribution in [3.63, 3.8) is 0 Å². The van der Waals surface area contributed by atoms with Gasteiger partial charge in [0.25, 0.3) is 0 Å². The van der Waals surface area contributed by atoms with Crippen LogP contribution in [0.3, 0.4) is 0 Å². The van der Waals surface area contributed by atoms with E-state index >= 15 is 0 Å². The number of nitrogens with one attached hydrogen (secondary N) is 1. The molecule has 0 aliphatic carbocycles. The molecule has 3 aromatic rings. The summed E-state index contributed by atoms with van der Waals surface area (Å²) in [6, 6.07) is 16.8. The number of carbonyl (C=O) groups is 1. The molecule has 0 unspecified atom stereocenters. The Hall–Kier alpha value is -3.38. The molecular formula is C22H21FN2O3. The zero-order valence-corrected chi connectivity index (χ0v) is 15.4. The highest BCUT2D eigenvalue weighted by Crippen LogP contribution is 2.17. The maximum atomic E-state index is 12.9. The van der Waals surface area contributed by atoms with Crippen molar-refractivity contribution in [2.45, 2.75) is 13.0 Å². The Morgan fingerprint density at radius 1 is 1.11 bits per heavy atom. The Labute approximate surface area is 163 Å². The van der Waals surface area contributed by atoms with E-state index in [4.69, 9.17) is 15.3 Å². The summed E-state index contributed by atoms with van der Waals surface area (Å²) in [5.74, 6) is 0.399. The Morgan fingerprint density at radius 2 is 1.86 bits per heavy atom. The van der Waals surface area contributed by atoms with Gasteiger partial charge in [0.2, 0.25) is 0 Å². The van der Waals surface area contributed by atoms with Gasteiger partial charge in [-0.2, -0.15) is 0 Å². The minimum atomic E-state index is -0.276. The van der Waals surface area contributed by atoms with Crippen LogP contribution in [-0.2, 0) is 13.0 Å². The molecule has 2 aromatic carbocycles. The van der Waals surface area contributed by atoms with Gasteiger partial charge in [0, 0.05) is 25.3 Å². The van der Waals surface area contributed by atoms with Gasteiger partial charge in [0.05, 0.1) is 11.4 Å². The van der Waals surface area contributed by atoms with Crippen LogP contribution in [0.5, 0.6) is 5.75 Å². The Kier molecular flexibility index (Phi) is 7.99. The minimum Gasteiger partial charge on any atom is -0.489 e. The molecule has 2 N–H and O–H groups in total. The van der Waals surface area contributed by atoms with Crippen LogP contribution < -0.4 is 4.74 Å². The van der Waals surface area contributed by atoms with Crippen LogP contribution in [0.1, 0.15) is 27.2 Å². The Balaban J connectivity index is 0.00000136. The normalized spacial score (nSPS) is 9.82. The van der Waals surface area contributed by atoms with Crippen molar-refractivity contribution >= 4 is 12.0 Å². The number of hydrogen-bond donors (Lipinski definition) is 2. The third kappa shape index (κ3) is 6.10. The van der Waals surface area contributed by atoms with Gasteiger partial charge in [-0.25, -0.2) is 4.39 Å². The van der Waals surface area contributed by atoms with E-state index in [0.29, 0.717) is 35.7 Å². The number of hydrogen-bond acceptors (Lipinski definition) is 5. The molecule has 0 aliphatic heterocycles. The van der Waals surface area contributed by atoms with Gasteiger partial charge in [0.15, 0.2) is 0 Å². The van der Waals surface area contributed by atoms with Crippen molar-refractivity contribution in [3.8, 4) is 5.75 Å². The van der Waals surface area contributed by atoms with Crippen molar-refractivity contribution < 1.29 is 19.0 Å². The first-order chi connectivity index (χ1) is 13.6. The second kappa shape index (κ2) is 10.7. The standard InChI is InChI=1S/C21H17FN2O2.CH4O/c22-18-6-4-15(5-7-18)14-26-19-3-1-2-16(10-19)11-20(23)21-12-17(13-25)8-9-24-21;1-2/h1-10,12-13,23H,11,14H2;2H,1H3. The highest BCUT2D eigenvalue weighted by molar-refractivity contribution is 5.98. The fourth-order valence-corrected chi connectivity index (χ4v) is 2.47. The first kappa shape index (κ1) is 20.9. The van der Waals surface area contributed by atoms with Crippen molar-refractivity contribution in [2.75, 3.05) is 7.11 Å². The number of benzene rings is 2. The SMILES string of the molecule is CO.N=C(Cc1cccc(OCc2ccc(F)cc2)c1)c1cc(C=O)ccn1. The fourth-order valence-electron chi connectivity index (χ4n) is 2.47. The summed E-state index contributed by atoms with van der Waals surface area (Å²) in [7, 11) is 1.00.